The van der Waals surface area contributed by atoms with Crippen molar-refractivity contribution < 1.29 is 13.9 Å². The maximum atomic E-state index is 12.5. The zero-order chi connectivity index (χ0) is 9.84. The van der Waals surface area contributed by atoms with E-state index >= 15 is 0 Å². The normalized spacial score (nSPS) is 9.38. The molecule has 5 heteroatoms. The number of hydrogen-bond acceptors (Lipinski definition) is 3. The first-order valence-corrected chi connectivity index (χ1v) is 3.53. The largest absolute Gasteiger partial charge is 0.453 e. The lowest BCUT2D eigenvalue weighted by atomic mass is 10.2. The van der Waals surface area contributed by atoms with Crippen LogP contribution < -0.4 is 11.1 Å². The van der Waals surface area contributed by atoms with Crippen molar-refractivity contribution in [2.24, 2.45) is 0 Å². The molecule has 1 aromatic carbocycles. The Balaban J connectivity index is 2.83. The average Bonchev–Trinajstić information content (AvgIpc) is 2.09. The summed E-state index contributed by atoms with van der Waals surface area (Å²) in [7, 11) is 1.23. The molecular formula is C8H9FN2O2. The molecule has 0 aliphatic carbocycles. The summed E-state index contributed by atoms with van der Waals surface area (Å²) in [5.74, 6) is -0.451. The molecular weight excluding hydrogens is 175 g/mol. The monoisotopic (exact) mass is 184 g/mol. The van der Waals surface area contributed by atoms with Crippen LogP contribution in [0.15, 0.2) is 18.2 Å². The molecule has 1 amide bonds. The van der Waals surface area contributed by atoms with Crippen molar-refractivity contribution in [2.75, 3.05) is 18.2 Å². The van der Waals surface area contributed by atoms with Gasteiger partial charge in [-0.1, -0.05) is 0 Å². The van der Waals surface area contributed by atoms with E-state index in [1.165, 1.54) is 19.2 Å². The van der Waals surface area contributed by atoms with E-state index in [-0.39, 0.29) is 5.69 Å². The van der Waals surface area contributed by atoms with Crippen LogP contribution in [0.2, 0.25) is 0 Å². The highest BCUT2D eigenvalue weighted by molar-refractivity contribution is 5.88. The Morgan fingerprint density at radius 1 is 1.62 bits per heavy atom. The molecule has 0 aliphatic heterocycles. The first kappa shape index (κ1) is 9.31. The first-order valence-electron chi connectivity index (χ1n) is 3.53. The Bertz CT molecular complexity index is 328. The molecule has 3 N–H and O–H groups in total. The summed E-state index contributed by atoms with van der Waals surface area (Å²) in [5, 5.41) is 2.33. The summed E-state index contributed by atoms with van der Waals surface area (Å²) in [4.78, 5) is 10.7. The molecule has 0 unspecified atom stereocenters. The van der Waals surface area contributed by atoms with Gasteiger partial charge < -0.3 is 10.5 Å². The third-order valence-electron chi connectivity index (χ3n) is 1.44. The molecule has 0 atom stereocenters. The maximum Gasteiger partial charge on any atom is 0.411 e. The van der Waals surface area contributed by atoms with Crippen LogP contribution in [0.4, 0.5) is 20.6 Å². The fraction of sp³-hybridized carbons (Fsp3) is 0.125. The van der Waals surface area contributed by atoms with Gasteiger partial charge in [-0.2, -0.15) is 0 Å². The third-order valence-corrected chi connectivity index (χ3v) is 1.44. The van der Waals surface area contributed by atoms with E-state index in [1.807, 2.05) is 0 Å². The number of anilines is 2. The van der Waals surface area contributed by atoms with Gasteiger partial charge in [0.1, 0.15) is 5.82 Å². The van der Waals surface area contributed by atoms with Crippen molar-refractivity contribution >= 4 is 17.5 Å². The topological polar surface area (TPSA) is 64.3 Å². The number of benzene rings is 1. The molecule has 0 saturated heterocycles. The number of ether oxygens (including phenoxy) is 1. The van der Waals surface area contributed by atoms with E-state index in [4.69, 9.17) is 5.73 Å². The summed E-state index contributed by atoms with van der Waals surface area (Å²) in [6.07, 6.45) is -0.640. The van der Waals surface area contributed by atoms with Crippen LogP contribution in [0.1, 0.15) is 0 Å². The van der Waals surface area contributed by atoms with Gasteiger partial charge in [0, 0.05) is 0 Å². The third kappa shape index (κ3) is 2.33. The van der Waals surface area contributed by atoms with Gasteiger partial charge in [0.25, 0.3) is 0 Å². The Labute approximate surface area is 74.5 Å². The Morgan fingerprint density at radius 2 is 2.31 bits per heavy atom. The van der Waals surface area contributed by atoms with Crippen LogP contribution in [0.3, 0.4) is 0 Å². The van der Waals surface area contributed by atoms with Gasteiger partial charge in [-0.25, -0.2) is 9.18 Å². The zero-order valence-corrected chi connectivity index (χ0v) is 7.00. The SMILES string of the molecule is COC(=O)Nc1ccc(F)cc1N. The molecule has 0 radical (unpaired) electrons. The molecule has 0 bridgehead atoms. The molecule has 0 aromatic heterocycles. The smallest absolute Gasteiger partial charge is 0.411 e. The summed E-state index contributed by atoms with van der Waals surface area (Å²) >= 11 is 0. The van der Waals surface area contributed by atoms with Gasteiger partial charge in [0.05, 0.1) is 18.5 Å². The standard InChI is InChI=1S/C8H9FN2O2/c1-13-8(12)11-7-3-2-5(9)4-6(7)10/h2-4H,10H2,1H3,(H,11,12). The minimum absolute atomic E-state index is 0.158. The van der Waals surface area contributed by atoms with Crippen LogP contribution in [0, 0.1) is 5.82 Å². The van der Waals surface area contributed by atoms with Gasteiger partial charge >= 0.3 is 6.09 Å². The van der Waals surface area contributed by atoms with Gasteiger partial charge in [0.2, 0.25) is 0 Å². The number of hydrogen-bond donors (Lipinski definition) is 2. The second-order valence-corrected chi connectivity index (χ2v) is 2.35. The Morgan fingerprint density at radius 3 is 2.85 bits per heavy atom. The maximum absolute atomic E-state index is 12.5. The highest BCUT2D eigenvalue weighted by Gasteiger charge is 2.04. The highest BCUT2D eigenvalue weighted by Crippen LogP contribution is 2.18. The van der Waals surface area contributed by atoms with Crippen molar-refractivity contribution in [2.45, 2.75) is 0 Å². The van der Waals surface area contributed by atoms with E-state index in [9.17, 15) is 9.18 Å². The first-order chi connectivity index (χ1) is 6.13. The second kappa shape index (κ2) is 3.75. The van der Waals surface area contributed by atoms with Crippen molar-refractivity contribution in [1.82, 2.24) is 0 Å². The molecule has 0 saturated carbocycles. The van der Waals surface area contributed by atoms with E-state index < -0.39 is 11.9 Å². The quantitative estimate of drug-likeness (QED) is 0.651. The molecule has 1 rings (SSSR count). The van der Waals surface area contributed by atoms with Crippen LogP contribution in [-0.2, 0) is 4.74 Å². The number of methoxy groups -OCH3 is 1. The molecule has 1 aromatic rings. The number of nitrogens with two attached hydrogens (primary N) is 1. The van der Waals surface area contributed by atoms with Crippen molar-refractivity contribution in [3.05, 3.63) is 24.0 Å². The van der Waals surface area contributed by atoms with Crippen LogP contribution in [0.25, 0.3) is 0 Å². The number of carbonyl (C=O) groups is 1. The number of nitrogens with one attached hydrogen (secondary N) is 1. The number of rotatable bonds is 1. The van der Waals surface area contributed by atoms with Crippen LogP contribution >= 0.6 is 0 Å². The summed E-state index contributed by atoms with van der Waals surface area (Å²) in [6, 6.07) is 3.68. The molecule has 4 nitrogen and oxygen atoms in total. The second-order valence-electron chi connectivity index (χ2n) is 2.35. The lowest BCUT2D eigenvalue weighted by Crippen LogP contribution is -2.12. The fourth-order valence-electron chi connectivity index (χ4n) is 0.808. The molecule has 13 heavy (non-hydrogen) atoms. The van der Waals surface area contributed by atoms with Crippen molar-refractivity contribution in [3.63, 3.8) is 0 Å². The molecule has 0 aliphatic rings. The van der Waals surface area contributed by atoms with E-state index in [0.717, 1.165) is 6.07 Å². The minimum Gasteiger partial charge on any atom is -0.453 e. The summed E-state index contributed by atoms with van der Waals surface area (Å²) < 4.78 is 16.9. The van der Waals surface area contributed by atoms with Gasteiger partial charge in [-0.3, -0.25) is 5.32 Å². The summed E-state index contributed by atoms with van der Waals surface area (Å²) in [6.45, 7) is 0. The van der Waals surface area contributed by atoms with E-state index in [0.29, 0.717) is 5.69 Å². The average molecular weight is 184 g/mol. The van der Waals surface area contributed by atoms with Crippen LogP contribution in [-0.4, -0.2) is 13.2 Å². The predicted molar refractivity (Wildman–Crippen MR) is 46.8 cm³/mol. The number of amides is 1. The van der Waals surface area contributed by atoms with E-state index in [2.05, 4.69) is 10.1 Å². The van der Waals surface area contributed by atoms with Crippen LogP contribution in [0.5, 0.6) is 0 Å². The van der Waals surface area contributed by atoms with Gasteiger partial charge in [-0.05, 0) is 18.2 Å². The van der Waals surface area contributed by atoms with Crippen molar-refractivity contribution in [1.29, 1.82) is 0 Å². The fourth-order valence-corrected chi connectivity index (χ4v) is 0.808. The van der Waals surface area contributed by atoms with E-state index in [1.54, 1.807) is 0 Å². The molecule has 0 fully saturated rings. The number of halogens is 1. The minimum atomic E-state index is -0.640. The number of nitrogen functional groups attached to an aromatic ring is 1. The molecule has 0 heterocycles. The highest BCUT2D eigenvalue weighted by atomic mass is 19.1. The predicted octanol–water partition coefficient (Wildman–Crippen LogP) is 1.59. The van der Waals surface area contributed by atoms with Gasteiger partial charge in [0.15, 0.2) is 0 Å². The summed E-state index contributed by atoms with van der Waals surface area (Å²) in [5.41, 5.74) is 5.90. The van der Waals surface area contributed by atoms with Crippen molar-refractivity contribution in [3.8, 4) is 0 Å². The molecule has 70 valence electrons. The lowest BCUT2D eigenvalue weighted by molar-refractivity contribution is 0.187. The Hall–Kier alpha value is -1.78. The van der Waals surface area contributed by atoms with Gasteiger partial charge in [-0.15, -0.1) is 0 Å². The Kier molecular flexibility index (Phi) is 2.69. The number of carbonyl (C=O) groups excluding carboxylic acids is 1. The zero-order valence-electron chi connectivity index (χ0n) is 7.00. The molecule has 0 spiro atoms. The lowest BCUT2D eigenvalue weighted by Gasteiger charge is -2.05.